The van der Waals surface area contributed by atoms with E-state index in [1.54, 1.807) is 6.07 Å². The lowest BCUT2D eigenvalue weighted by Gasteiger charge is -2.09. The maximum absolute atomic E-state index is 12.5. The van der Waals surface area contributed by atoms with Crippen LogP contribution in [-0.2, 0) is 6.18 Å². The minimum Gasteiger partial charge on any atom is -0.354 e. The zero-order valence-electron chi connectivity index (χ0n) is 10.5. The summed E-state index contributed by atoms with van der Waals surface area (Å²) in [5.74, 6) is 0. The summed E-state index contributed by atoms with van der Waals surface area (Å²) in [7, 11) is 0. The molecule has 2 aromatic heterocycles. The molecule has 3 N–H and O–H groups in total. The van der Waals surface area contributed by atoms with E-state index in [4.69, 9.17) is 0 Å². The lowest BCUT2D eigenvalue weighted by molar-refractivity contribution is -0.137. The van der Waals surface area contributed by atoms with E-state index in [0.29, 0.717) is 22.5 Å². The van der Waals surface area contributed by atoms with E-state index in [1.165, 1.54) is 18.3 Å². The molecule has 2 heterocycles. The highest BCUT2D eigenvalue weighted by Gasteiger charge is 2.29. The fraction of sp³-hybridized carbons (Fsp3) is 0.0769. The molecule has 0 unspecified atom stereocenters. The monoisotopic (exact) mass is 294 g/mol. The lowest BCUT2D eigenvalue weighted by atomic mass is 10.2. The molecule has 0 saturated carbocycles. The number of hydrogen-bond acceptors (Lipinski definition) is 3. The Morgan fingerprint density at radius 1 is 1.05 bits per heavy atom. The Balaban J connectivity index is 1.86. The summed E-state index contributed by atoms with van der Waals surface area (Å²) >= 11 is 0. The molecule has 5 nitrogen and oxygen atoms in total. The summed E-state index contributed by atoms with van der Waals surface area (Å²) in [6, 6.07) is 6.27. The van der Waals surface area contributed by atoms with Crippen LogP contribution in [0.4, 0.5) is 24.5 Å². The van der Waals surface area contributed by atoms with Crippen molar-refractivity contribution in [3.8, 4) is 0 Å². The van der Waals surface area contributed by atoms with Crippen LogP contribution >= 0.6 is 0 Å². The predicted molar refractivity (Wildman–Crippen MR) is 71.4 cm³/mol. The van der Waals surface area contributed by atoms with Gasteiger partial charge in [-0.05, 0) is 30.3 Å². The summed E-state index contributed by atoms with van der Waals surface area (Å²) in [6.07, 6.45) is -2.88. The Hall–Kier alpha value is -2.77. The first-order valence-electron chi connectivity index (χ1n) is 5.94. The van der Waals surface area contributed by atoms with Crippen LogP contribution in [0.1, 0.15) is 5.56 Å². The number of nitrogens with one attached hydrogen (secondary N) is 3. The quantitative estimate of drug-likeness (QED) is 0.680. The van der Waals surface area contributed by atoms with Crippen LogP contribution in [0, 0.1) is 0 Å². The zero-order chi connectivity index (χ0) is 15.0. The van der Waals surface area contributed by atoms with Crippen molar-refractivity contribution in [1.82, 2.24) is 15.0 Å². The van der Waals surface area contributed by atoms with Gasteiger partial charge in [0, 0.05) is 5.69 Å². The standard InChI is InChI=1S/C13H9F3N4O/c14-13(15,16)7-1-3-8(4-2-7)18-9-5-10-11(17-6-9)20-12(21)19-10/h1-6,18H,(H2,17,19,20,21). The van der Waals surface area contributed by atoms with Crippen molar-refractivity contribution in [3.05, 3.63) is 52.6 Å². The van der Waals surface area contributed by atoms with E-state index >= 15 is 0 Å². The van der Waals surface area contributed by atoms with Crippen molar-refractivity contribution in [2.24, 2.45) is 0 Å². The van der Waals surface area contributed by atoms with Gasteiger partial charge < -0.3 is 10.3 Å². The van der Waals surface area contributed by atoms with Crippen molar-refractivity contribution < 1.29 is 13.2 Å². The number of aromatic amines is 2. The average Bonchev–Trinajstić information content (AvgIpc) is 2.78. The van der Waals surface area contributed by atoms with Crippen molar-refractivity contribution in [2.75, 3.05) is 5.32 Å². The van der Waals surface area contributed by atoms with E-state index in [0.717, 1.165) is 12.1 Å². The number of fused-ring (bicyclic) bond motifs is 1. The maximum Gasteiger partial charge on any atom is 0.416 e. The predicted octanol–water partition coefficient (Wildman–Crippen LogP) is 3.01. The van der Waals surface area contributed by atoms with Crippen LogP contribution in [0.3, 0.4) is 0 Å². The third kappa shape index (κ3) is 2.73. The number of rotatable bonds is 2. The Labute approximate surface area is 115 Å². The summed E-state index contributed by atoms with van der Waals surface area (Å²) in [5.41, 5.74) is 0.884. The molecule has 0 aliphatic carbocycles. The SMILES string of the molecule is O=c1[nH]c2cc(Nc3ccc(C(F)(F)F)cc3)cnc2[nH]1. The number of hydrogen-bond donors (Lipinski definition) is 3. The highest BCUT2D eigenvalue weighted by atomic mass is 19.4. The van der Waals surface area contributed by atoms with Gasteiger partial charge in [0.15, 0.2) is 5.65 Å². The molecule has 3 aromatic rings. The van der Waals surface area contributed by atoms with Gasteiger partial charge in [0.1, 0.15) is 0 Å². The zero-order valence-corrected chi connectivity index (χ0v) is 10.5. The molecular formula is C13H9F3N4O. The van der Waals surface area contributed by atoms with Gasteiger partial charge in [0.2, 0.25) is 0 Å². The highest BCUT2D eigenvalue weighted by molar-refractivity contribution is 5.75. The van der Waals surface area contributed by atoms with E-state index in [9.17, 15) is 18.0 Å². The second-order valence-corrected chi connectivity index (χ2v) is 4.40. The molecule has 8 heteroatoms. The van der Waals surface area contributed by atoms with Gasteiger partial charge in [-0.1, -0.05) is 0 Å². The first-order valence-corrected chi connectivity index (χ1v) is 5.94. The van der Waals surface area contributed by atoms with Crippen molar-refractivity contribution >= 4 is 22.5 Å². The molecule has 0 fully saturated rings. The fourth-order valence-corrected chi connectivity index (χ4v) is 1.90. The minimum atomic E-state index is -4.36. The first-order chi connectivity index (χ1) is 9.91. The highest BCUT2D eigenvalue weighted by Crippen LogP contribution is 2.30. The largest absolute Gasteiger partial charge is 0.416 e. The Morgan fingerprint density at radius 2 is 1.76 bits per heavy atom. The molecule has 3 rings (SSSR count). The topological polar surface area (TPSA) is 73.6 Å². The summed E-state index contributed by atoms with van der Waals surface area (Å²) < 4.78 is 37.4. The number of benzene rings is 1. The van der Waals surface area contributed by atoms with E-state index in [1.807, 2.05) is 0 Å². The fourth-order valence-electron chi connectivity index (χ4n) is 1.90. The molecule has 21 heavy (non-hydrogen) atoms. The van der Waals surface area contributed by atoms with Crippen LogP contribution in [0.25, 0.3) is 11.2 Å². The van der Waals surface area contributed by atoms with Gasteiger partial charge in [-0.2, -0.15) is 13.2 Å². The number of pyridine rings is 1. The Kier molecular flexibility index (Phi) is 2.93. The van der Waals surface area contributed by atoms with E-state index in [-0.39, 0.29) is 5.69 Å². The Bertz CT molecular complexity index is 833. The molecule has 0 aliphatic heterocycles. The van der Waals surface area contributed by atoms with Gasteiger partial charge in [0.05, 0.1) is 23.0 Å². The Morgan fingerprint density at radius 3 is 2.43 bits per heavy atom. The van der Waals surface area contributed by atoms with Crippen LogP contribution in [0.5, 0.6) is 0 Å². The summed E-state index contributed by atoms with van der Waals surface area (Å²) in [4.78, 5) is 20.2. The molecule has 0 amide bonds. The van der Waals surface area contributed by atoms with Crippen LogP contribution in [0.2, 0.25) is 0 Å². The van der Waals surface area contributed by atoms with Gasteiger partial charge in [-0.15, -0.1) is 0 Å². The average molecular weight is 294 g/mol. The van der Waals surface area contributed by atoms with Gasteiger partial charge in [-0.25, -0.2) is 9.78 Å². The third-order valence-corrected chi connectivity index (χ3v) is 2.87. The number of anilines is 2. The number of alkyl halides is 3. The maximum atomic E-state index is 12.5. The third-order valence-electron chi connectivity index (χ3n) is 2.87. The molecule has 0 bridgehead atoms. The van der Waals surface area contributed by atoms with Crippen molar-refractivity contribution in [2.45, 2.75) is 6.18 Å². The normalized spacial score (nSPS) is 11.8. The number of imidazole rings is 1. The van der Waals surface area contributed by atoms with Gasteiger partial charge in [0.25, 0.3) is 0 Å². The van der Waals surface area contributed by atoms with Gasteiger partial charge in [-0.3, -0.25) is 4.98 Å². The second kappa shape index (κ2) is 4.65. The number of halogens is 3. The van der Waals surface area contributed by atoms with Crippen LogP contribution in [0.15, 0.2) is 41.3 Å². The summed E-state index contributed by atoms with van der Waals surface area (Å²) in [5, 5.41) is 2.92. The minimum absolute atomic E-state index is 0.371. The van der Waals surface area contributed by atoms with Crippen LogP contribution < -0.4 is 11.0 Å². The molecule has 0 aliphatic rings. The second-order valence-electron chi connectivity index (χ2n) is 4.40. The molecule has 0 atom stereocenters. The molecule has 0 spiro atoms. The van der Waals surface area contributed by atoms with Crippen LogP contribution in [-0.4, -0.2) is 15.0 Å². The van der Waals surface area contributed by atoms with Crippen molar-refractivity contribution in [3.63, 3.8) is 0 Å². The molecular weight excluding hydrogens is 285 g/mol. The lowest BCUT2D eigenvalue weighted by Crippen LogP contribution is -2.04. The van der Waals surface area contributed by atoms with Crippen molar-refractivity contribution in [1.29, 1.82) is 0 Å². The smallest absolute Gasteiger partial charge is 0.354 e. The number of H-pyrrole nitrogens is 2. The number of nitrogens with zero attached hydrogens (tertiary/aromatic N) is 1. The molecule has 0 radical (unpaired) electrons. The molecule has 1 aromatic carbocycles. The first kappa shape index (κ1) is 13.2. The van der Waals surface area contributed by atoms with E-state index < -0.39 is 11.7 Å². The molecule has 0 saturated heterocycles. The van der Waals surface area contributed by atoms with E-state index in [2.05, 4.69) is 20.3 Å². The summed E-state index contributed by atoms with van der Waals surface area (Å²) in [6.45, 7) is 0. The molecule has 108 valence electrons. The van der Waals surface area contributed by atoms with Gasteiger partial charge >= 0.3 is 11.9 Å². The number of aromatic nitrogens is 3.